The second-order valence-electron chi connectivity index (χ2n) is 3.76. The van der Waals surface area contributed by atoms with Crippen LogP contribution in [0.5, 0.6) is 0 Å². The quantitative estimate of drug-likeness (QED) is 0.874. The molecule has 0 fully saturated rings. The van der Waals surface area contributed by atoms with E-state index in [1.54, 1.807) is 18.0 Å². The number of halogens is 1. The summed E-state index contributed by atoms with van der Waals surface area (Å²) in [4.78, 5) is 12.6. The monoisotopic (exact) mass is 283 g/mol. The first-order valence-corrected chi connectivity index (χ1v) is 6.99. The van der Waals surface area contributed by atoms with E-state index in [1.165, 1.54) is 0 Å². The predicted octanol–water partition coefficient (Wildman–Crippen LogP) is 2.51. The highest BCUT2D eigenvalue weighted by Gasteiger charge is 2.07. The molecule has 0 radical (unpaired) electrons. The number of thioether (sulfide) groups is 1. The summed E-state index contributed by atoms with van der Waals surface area (Å²) < 4.78 is 2.04. The highest BCUT2D eigenvalue weighted by molar-refractivity contribution is 7.98. The van der Waals surface area contributed by atoms with E-state index in [2.05, 4.69) is 20.3 Å². The number of imidazole rings is 1. The molecule has 7 heteroatoms. The minimum absolute atomic E-state index is 0.521. The number of nitrogens with zero attached hydrogens (tertiary/aromatic N) is 4. The molecule has 0 aliphatic rings. The SMILES string of the molecule is CSc1ncc(CNc2nc(C)ncc2Cl)n1C. The van der Waals surface area contributed by atoms with Gasteiger partial charge in [0.1, 0.15) is 16.7 Å². The first-order valence-electron chi connectivity index (χ1n) is 5.39. The van der Waals surface area contributed by atoms with Crippen LogP contribution in [0.3, 0.4) is 0 Å². The predicted molar refractivity (Wildman–Crippen MR) is 74.1 cm³/mol. The summed E-state index contributed by atoms with van der Waals surface area (Å²) in [6.07, 6.45) is 5.45. The molecule has 0 saturated heterocycles. The maximum Gasteiger partial charge on any atom is 0.167 e. The summed E-state index contributed by atoms with van der Waals surface area (Å²) in [6.45, 7) is 2.46. The van der Waals surface area contributed by atoms with Gasteiger partial charge in [0.2, 0.25) is 0 Å². The molecule has 0 aliphatic carbocycles. The normalized spacial score (nSPS) is 10.7. The number of aromatic nitrogens is 4. The second kappa shape index (κ2) is 5.58. The van der Waals surface area contributed by atoms with Gasteiger partial charge in [-0.3, -0.25) is 0 Å². The van der Waals surface area contributed by atoms with Crippen molar-refractivity contribution in [2.24, 2.45) is 7.05 Å². The van der Waals surface area contributed by atoms with Gasteiger partial charge in [0.05, 0.1) is 24.6 Å². The lowest BCUT2D eigenvalue weighted by molar-refractivity contribution is 0.747. The summed E-state index contributed by atoms with van der Waals surface area (Å²) in [5.41, 5.74) is 1.08. The minimum atomic E-state index is 0.521. The fraction of sp³-hybridized carbons (Fsp3) is 0.364. The molecule has 0 aromatic carbocycles. The van der Waals surface area contributed by atoms with E-state index in [0.29, 0.717) is 23.2 Å². The van der Waals surface area contributed by atoms with E-state index in [-0.39, 0.29) is 0 Å². The fourth-order valence-electron chi connectivity index (χ4n) is 1.53. The summed E-state index contributed by atoms with van der Waals surface area (Å²) >= 11 is 7.64. The smallest absolute Gasteiger partial charge is 0.167 e. The van der Waals surface area contributed by atoms with Crippen molar-refractivity contribution in [3.8, 4) is 0 Å². The van der Waals surface area contributed by atoms with Gasteiger partial charge in [-0.05, 0) is 13.2 Å². The van der Waals surface area contributed by atoms with E-state index in [1.807, 2.05) is 31.0 Å². The van der Waals surface area contributed by atoms with Crippen molar-refractivity contribution in [1.82, 2.24) is 19.5 Å². The summed E-state index contributed by atoms with van der Waals surface area (Å²) in [5, 5.41) is 4.70. The van der Waals surface area contributed by atoms with Gasteiger partial charge in [-0.1, -0.05) is 23.4 Å². The van der Waals surface area contributed by atoms with E-state index < -0.39 is 0 Å². The third kappa shape index (κ3) is 2.76. The van der Waals surface area contributed by atoms with Crippen molar-refractivity contribution < 1.29 is 0 Å². The topological polar surface area (TPSA) is 55.6 Å². The summed E-state index contributed by atoms with van der Waals surface area (Å²) in [6, 6.07) is 0. The van der Waals surface area contributed by atoms with Crippen LogP contribution in [0.25, 0.3) is 0 Å². The number of hydrogen-bond donors (Lipinski definition) is 1. The number of rotatable bonds is 4. The third-order valence-electron chi connectivity index (χ3n) is 2.53. The lowest BCUT2D eigenvalue weighted by atomic mass is 10.4. The molecule has 1 N–H and O–H groups in total. The van der Waals surface area contributed by atoms with Crippen LogP contribution in [0.1, 0.15) is 11.5 Å². The third-order valence-corrected chi connectivity index (χ3v) is 3.55. The van der Waals surface area contributed by atoms with Gasteiger partial charge in [-0.25, -0.2) is 15.0 Å². The van der Waals surface area contributed by atoms with Crippen molar-refractivity contribution in [3.05, 3.63) is 28.9 Å². The molecule has 96 valence electrons. The van der Waals surface area contributed by atoms with Gasteiger partial charge >= 0.3 is 0 Å². The van der Waals surface area contributed by atoms with E-state index >= 15 is 0 Å². The Balaban J connectivity index is 2.11. The Morgan fingerprint density at radius 1 is 1.39 bits per heavy atom. The number of anilines is 1. The van der Waals surface area contributed by atoms with Crippen LogP contribution in [0.4, 0.5) is 5.82 Å². The molecular formula is C11H14ClN5S. The molecule has 0 saturated carbocycles. The Morgan fingerprint density at radius 2 is 2.17 bits per heavy atom. The largest absolute Gasteiger partial charge is 0.363 e. The molecule has 2 heterocycles. The fourth-order valence-corrected chi connectivity index (χ4v) is 2.24. The van der Waals surface area contributed by atoms with Gasteiger partial charge in [0, 0.05) is 7.05 Å². The molecule has 2 aromatic heterocycles. The minimum Gasteiger partial charge on any atom is -0.363 e. The zero-order chi connectivity index (χ0) is 13.1. The Bertz CT molecular complexity index is 554. The lowest BCUT2D eigenvalue weighted by Crippen LogP contribution is -2.07. The second-order valence-corrected chi connectivity index (χ2v) is 4.94. The van der Waals surface area contributed by atoms with Gasteiger partial charge < -0.3 is 9.88 Å². The molecule has 2 rings (SSSR count). The maximum atomic E-state index is 6.02. The van der Waals surface area contributed by atoms with Crippen molar-refractivity contribution in [2.45, 2.75) is 18.6 Å². The zero-order valence-corrected chi connectivity index (χ0v) is 12.0. The van der Waals surface area contributed by atoms with Crippen LogP contribution in [0.15, 0.2) is 17.6 Å². The summed E-state index contributed by atoms with van der Waals surface area (Å²) in [5.74, 6) is 1.34. The Morgan fingerprint density at radius 3 is 2.83 bits per heavy atom. The number of aryl methyl sites for hydroxylation is 1. The molecule has 0 bridgehead atoms. The highest BCUT2D eigenvalue weighted by atomic mass is 35.5. The van der Waals surface area contributed by atoms with Crippen molar-refractivity contribution >= 4 is 29.2 Å². The lowest BCUT2D eigenvalue weighted by Gasteiger charge is -2.08. The standard InChI is InChI=1S/C11H14ClN5S/c1-7-13-6-9(12)10(16-7)14-4-8-5-15-11(18-3)17(8)2/h5-6H,4H2,1-3H3,(H,13,14,16). The van der Waals surface area contributed by atoms with E-state index in [4.69, 9.17) is 11.6 Å². The Labute approximate surface area is 115 Å². The van der Waals surface area contributed by atoms with Crippen LogP contribution >= 0.6 is 23.4 Å². The zero-order valence-electron chi connectivity index (χ0n) is 10.4. The molecule has 18 heavy (non-hydrogen) atoms. The molecular weight excluding hydrogens is 270 g/mol. The average molecular weight is 284 g/mol. The maximum absolute atomic E-state index is 6.02. The Kier molecular flexibility index (Phi) is 4.08. The average Bonchev–Trinajstić information content (AvgIpc) is 2.71. The first kappa shape index (κ1) is 13.2. The van der Waals surface area contributed by atoms with E-state index in [9.17, 15) is 0 Å². The van der Waals surface area contributed by atoms with Gasteiger partial charge in [-0.15, -0.1) is 0 Å². The molecule has 0 atom stereocenters. The van der Waals surface area contributed by atoms with Gasteiger partial charge in [0.15, 0.2) is 5.16 Å². The molecule has 0 unspecified atom stereocenters. The van der Waals surface area contributed by atoms with Gasteiger partial charge in [0.25, 0.3) is 0 Å². The molecule has 0 amide bonds. The van der Waals surface area contributed by atoms with Crippen LogP contribution in [-0.2, 0) is 13.6 Å². The highest BCUT2D eigenvalue weighted by Crippen LogP contribution is 2.19. The number of nitrogens with one attached hydrogen (secondary N) is 1. The molecule has 2 aromatic rings. The molecule has 0 aliphatic heterocycles. The van der Waals surface area contributed by atoms with E-state index in [0.717, 1.165) is 10.9 Å². The van der Waals surface area contributed by atoms with Crippen LogP contribution in [0, 0.1) is 6.92 Å². The summed E-state index contributed by atoms with van der Waals surface area (Å²) in [7, 11) is 1.99. The first-order chi connectivity index (χ1) is 8.61. The van der Waals surface area contributed by atoms with Gasteiger partial charge in [-0.2, -0.15) is 0 Å². The van der Waals surface area contributed by atoms with Crippen LogP contribution in [0.2, 0.25) is 5.02 Å². The van der Waals surface area contributed by atoms with Crippen molar-refractivity contribution in [1.29, 1.82) is 0 Å². The molecule has 0 spiro atoms. The Hall–Kier alpha value is -1.27. The van der Waals surface area contributed by atoms with Crippen LogP contribution < -0.4 is 5.32 Å². The van der Waals surface area contributed by atoms with Crippen LogP contribution in [-0.4, -0.2) is 25.8 Å². The van der Waals surface area contributed by atoms with Crippen molar-refractivity contribution in [2.75, 3.05) is 11.6 Å². The van der Waals surface area contributed by atoms with Crippen molar-refractivity contribution in [3.63, 3.8) is 0 Å². The number of hydrogen-bond acceptors (Lipinski definition) is 5. The molecule has 5 nitrogen and oxygen atoms in total.